The SMILES string of the molecule is Cc1nc2c(N(Cc3sccc3C)C3CC3)ncnc2o1. The molecule has 1 fully saturated rings. The first-order valence-electron chi connectivity index (χ1n) is 7.10. The van der Waals surface area contributed by atoms with Crippen LogP contribution in [0.3, 0.4) is 0 Å². The first kappa shape index (κ1) is 12.8. The fraction of sp³-hybridized carbons (Fsp3) is 0.400. The lowest BCUT2D eigenvalue weighted by atomic mass is 10.2. The molecule has 0 aromatic carbocycles. The molecule has 108 valence electrons. The standard InChI is InChI=1S/C15H16N4OS/c1-9-5-6-21-12(9)7-19(11-3-4-11)14-13-15(17-8-16-14)20-10(2)18-13/h5-6,8,11H,3-4,7H2,1-2H3. The lowest BCUT2D eigenvalue weighted by molar-refractivity contribution is 0.551. The molecule has 0 amide bonds. The molecular formula is C15H16N4OS. The van der Waals surface area contributed by atoms with Crippen molar-refractivity contribution in [2.75, 3.05) is 4.90 Å². The van der Waals surface area contributed by atoms with Gasteiger partial charge in [-0.3, -0.25) is 0 Å². The molecule has 0 radical (unpaired) electrons. The van der Waals surface area contributed by atoms with Crippen molar-refractivity contribution in [3.05, 3.63) is 34.1 Å². The van der Waals surface area contributed by atoms with E-state index >= 15 is 0 Å². The zero-order chi connectivity index (χ0) is 14.4. The molecule has 0 atom stereocenters. The number of thiophene rings is 1. The second kappa shape index (κ2) is 4.80. The van der Waals surface area contributed by atoms with Crippen molar-refractivity contribution in [3.63, 3.8) is 0 Å². The fourth-order valence-corrected chi connectivity index (χ4v) is 3.44. The van der Waals surface area contributed by atoms with Crippen LogP contribution in [0.4, 0.5) is 5.82 Å². The Morgan fingerprint density at radius 3 is 2.90 bits per heavy atom. The van der Waals surface area contributed by atoms with Crippen molar-refractivity contribution in [1.82, 2.24) is 15.0 Å². The molecule has 0 unspecified atom stereocenters. The van der Waals surface area contributed by atoms with Gasteiger partial charge in [0.25, 0.3) is 5.71 Å². The van der Waals surface area contributed by atoms with E-state index in [0.29, 0.717) is 17.6 Å². The van der Waals surface area contributed by atoms with Gasteiger partial charge in [0, 0.05) is 17.8 Å². The molecule has 0 spiro atoms. The summed E-state index contributed by atoms with van der Waals surface area (Å²) in [6.07, 6.45) is 4.00. The van der Waals surface area contributed by atoms with Gasteiger partial charge in [0.1, 0.15) is 6.33 Å². The van der Waals surface area contributed by atoms with E-state index in [1.54, 1.807) is 17.7 Å². The normalized spacial score (nSPS) is 14.8. The van der Waals surface area contributed by atoms with Gasteiger partial charge < -0.3 is 9.32 Å². The predicted molar refractivity (Wildman–Crippen MR) is 82.6 cm³/mol. The number of hydrogen-bond donors (Lipinski definition) is 0. The van der Waals surface area contributed by atoms with Crippen LogP contribution in [-0.2, 0) is 6.54 Å². The fourth-order valence-electron chi connectivity index (χ4n) is 2.54. The Hall–Kier alpha value is -1.95. The summed E-state index contributed by atoms with van der Waals surface area (Å²) in [5, 5.41) is 2.14. The number of oxazole rings is 1. The number of nitrogens with zero attached hydrogens (tertiary/aromatic N) is 4. The molecule has 1 aliphatic rings. The predicted octanol–water partition coefficient (Wildman–Crippen LogP) is 3.47. The number of rotatable bonds is 4. The van der Waals surface area contributed by atoms with Gasteiger partial charge in [-0.05, 0) is 36.8 Å². The summed E-state index contributed by atoms with van der Waals surface area (Å²) in [5.41, 5.74) is 2.69. The molecule has 1 saturated carbocycles. The van der Waals surface area contributed by atoms with Crippen molar-refractivity contribution in [3.8, 4) is 0 Å². The number of hydrogen-bond acceptors (Lipinski definition) is 6. The highest BCUT2D eigenvalue weighted by Crippen LogP contribution is 2.36. The van der Waals surface area contributed by atoms with Crippen LogP contribution in [0, 0.1) is 13.8 Å². The Labute approximate surface area is 126 Å². The summed E-state index contributed by atoms with van der Waals surface area (Å²) < 4.78 is 5.53. The summed E-state index contributed by atoms with van der Waals surface area (Å²) in [6.45, 7) is 4.88. The zero-order valence-corrected chi connectivity index (χ0v) is 12.9. The highest BCUT2D eigenvalue weighted by Gasteiger charge is 2.32. The monoisotopic (exact) mass is 300 g/mol. The highest BCUT2D eigenvalue weighted by molar-refractivity contribution is 7.10. The molecule has 6 heteroatoms. The van der Waals surface area contributed by atoms with E-state index in [0.717, 1.165) is 17.9 Å². The van der Waals surface area contributed by atoms with E-state index in [4.69, 9.17) is 4.42 Å². The molecule has 3 aromatic heterocycles. The maximum absolute atomic E-state index is 5.53. The van der Waals surface area contributed by atoms with E-state index in [1.165, 1.54) is 23.3 Å². The minimum atomic E-state index is 0.557. The first-order chi connectivity index (χ1) is 10.2. The number of anilines is 1. The van der Waals surface area contributed by atoms with Crippen molar-refractivity contribution in [1.29, 1.82) is 0 Å². The molecule has 1 aliphatic carbocycles. The van der Waals surface area contributed by atoms with E-state index in [2.05, 4.69) is 38.2 Å². The summed E-state index contributed by atoms with van der Waals surface area (Å²) in [6, 6.07) is 2.72. The lowest BCUT2D eigenvalue weighted by Gasteiger charge is -2.23. The molecule has 0 N–H and O–H groups in total. The van der Waals surface area contributed by atoms with Gasteiger partial charge in [0.05, 0.1) is 6.54 Å². The molecule has 0 bridgehead atoms. The molecule has 4 rings (SSSR count). The van der Waals surface area contributed by atoms with Gasteiger partial charge in [-0.25, -0.2) is 9.97 Å². The smallest absolute Gasteiger partial charge is 0.252 e. The van der Waals surface area contributed by atoms with E-state index < -0.39 is 0 Å². The van der Waals surface area contributed by atoms with Crippen LogP contribution in [-0.4, -0.2) is 21.0 Å². The van der Waals surface area contributed by atoms with E-state index in [1.807, 2.05) is 6.92 Å². The van der Waals surface area contributed by atoms with Crippen molar-refractivity contribution < 1.29 is 4.42 Å². The molecular weight excluding hydrogens is 284 g/mol. The van der Waals surface area contributed by atoms with E-state index in [9.17, 15) is 0 Å². The molecule has 21 heavy (non-hydrogen) atoms. The molecule has 3 aromatic rings. The second-order valence-electron chi connectivity index (χ2n) is 5.47. The third-order valence-electron chi connectivity index (χ3n) is 3.82. The van der Waals surface area contributed by atoms with Crippen LogP contribution in [0.5, 0.6) is 0 Å². The van der Waals surface area contributed by atoms with Gasteiger partial charge in [-0.15, -0.1) is 11.3 Å². The van der Waals surface area contributed by atoms with Crippen molar-refractivity contribution >= 4 is 28.4 Å². The molecule has 0 saturated heterocycles. The summed E-state index contributed by atoms with van der Waals surface area (Å²) in [7, 11) is 0. The average Bonchev–Trinajstić information content (AvgIpc) is 3.11. The van der Waals surface area contributed by atoms with Crippen molar-refractivity contribution in [2.45, 2.75) is 39.3 Å². The first-order valence-corrected chi connectivity index (χ1v) is 7.98. The number of fused-ring (bicyclic) bond motifs is 1. The maximum Gasteiger partial charge on any atom is 0.252 e. The van der Waals surface area contributed by atoms with Crippen LogP contribution in [0.1, 0.15) is 29.2 Å². The Morgan fingerprint density at radius 2 is 2.19 bits per heavy atom. The van der Waals surface area contributed by atoms with Crippen LogP contribution < -0.4 is 4.90 Å². The Bertz CT molecular complexity index is 790. The Balaban J connectivity index is 1.77. The van der Waals surface area contributed by atoms with E-state index in [-0.39, 0.29) is 0 Å². The number of aryl methyl sites for hydroxylation is 2. The highest BCUT2D eigenvalue weighted by atomic mass is 32.1. The topological polar surface area (TPSA) is 55.1 Å². The maximum atomic E-state index is 5.53. The van der Waals surface area contributed by atoms with Gasteiger partial charge in [-0.1, -0.05) is 0 Å². The lowest BCUT2D eigenvalue weighted by Crippen LogP contribution is -2.26. The molecule has 0 aliphatic heterocycles. The number of aromatic nitrogens is 3. The van der Waals surface area contributed by atoms with Gasteiger partial charge in [0.15, 0.2) is 17.2 Å². The average molecular weight is 300 g/mol. The summed E-state index contributed by atoms with van der Waals surface area (Å²) >= 11 is 1.80. The largest absolute Gasteiger partial charge is 0.422 e. The summed E-state index contributed by atoms with van der Waals surface area (Å²) in [5.74, 6) is 1.53. The van der Waals surface area contributed by atoms with Crippen LogP contribution in [0.25, 0.3) is 11.2 Å². The van der Waals surface area contributed by atoms with Crippen molar-refractivity contribution in [2.24, 2.45) is 0 Å². The third-order valence-corrected chi connectivity index (χ3v) is 4.83. The Kier molecular flexibility index (Phi) is 2.92. The summed E-state index contributed by atoms with van der Waals surface area (Å²) in [4.78, 5) is 16.9. The molecule has 5 nitrogen and oxygen atoms in total. The minimum absolute atomic E-state index is 0.557. The van der Waals surface area contributed by atoms with Crippen LogP contribution in [0.15, 0.2) is 22.2 Å². The van der Waals surface area contributed by atoms with Crippen LogP contribution >= 0.6 is 11.3 Å². The van der Waals surface area contributed by atoms with Gasteiger partial charge >= 0.3 is 0 Å². The van der Waals surface area contributed by atoms with Gasteiger partial charge in [0.2, 0.25) is 0 Å². The Morgan fingerprint density at radius 1 is 1.33 bits per heavy atom. The van der Waals surface area contributed by atoms with Crippen LogP contribution in [0.2, 0.25) is 0 Å². The van der Waals surface area contributed by atoms with Gasteiger partial charge in [-0.2, -0.15) is 4.98 Å². The molecule has 3 heterocycles. The zero-order valence-electron chi connectivity index (χ0n) is 12.0. The third kappa shape index (κ3) is 2.29. The second-order valence-corrected chi connectivity index (χ2v) is 6.47. The minimum Gasteiger partial charge on any atom is -0.422 e. The quantitative estimate of drug-likeness (QED) is 0.738.